The number of carbonyl (C=O) groups is 1. The van der Waals surface area contributed by atoms with Crippen LogP contribution in [0.25, 0.3) is 11.1 Å². The second-order valence-corrected chi connectivity index (χ2v) is 5.18. The third-order valence-electron chi connectivity index (χ3n) is 3.48. The van der Waals surface area contributed by atoms with Gasteiger partial charge >= 0.3 is 0 Å². The average molecular weight is 310 g/mol. The SMILES string of the molecule is Cc1ccc(-c2ccc(C(=O)NCc3ncn[nH]3)c(F)c2)cc1. The molecule has 0 unspecified atom stereocenters. The van der Waals surface area contributed by atoms with E-state index >= 15 is 0 Å². The number of nitrogens with one attached hydrogen (secondary N) is 2. The molecule has 0 aliphatic rings. The first-order valence-electron chi connectivity index (χ1n) is 7.12. The summed E-state index contributed by atoms with van der Waals surface area (Å²) in [5.41, 5.74) is 2.77. The van der Waals surface area contributed by atoms with E-state index in [0.29, 0.717) is 5.82 Å². The largest absolute Gasteiger partial charge is 0.345 e. The molecule has 0 aliphatic heterocycles. The molecular weight excluding hydrogens is 295 g/mol. The number of nitrogens with zero attached hydrogens (tertiary/aromatic N) is 2. The van der Waals surface area contributed by atoms with Crippen LogP contribution in [0.4, 0.5) is 4.39 Å². The van der Waals surface area contributed by atoms with Gasteiger partial charge < -0.3 is 5.32 Å². The molecule has 0 radical (unpaired) electrons. The fraction of sp³-hybridized carbons (Fsp3) is 0.118. The monoisotopic (exact) mass is 310 g/mol. The zero-order chi connectivity index (χ0) is 16.2. The number of H-pyrrole nitrogens is 1. The quantitative estimate of drug-likeness (QED) is 0.778. The number of rotatable bonds is 4. The normalized spacial score (nSPS) is 10.5. The number of aromatic nitrogens is 3. The van der Waals surface area contributed by atoms with Crippen LogP contribution in [0.1, 0.15) is 21.7 Å². The summed E-state index contributed by atoms with van der Waals surface area (Å²) >= 11 is 0. The first kappa shape index (κ1) is 14.9. The van der Waals surface area contributed by atoms with Gasteiger partial charge in [-0.1, -0.05) is 35.9 Å². The number of aromatic amines is 1. The Kier molecular flexibility index (Phi) is 4.14. The molecule has 23 heavy (non-hydrogen) atoms. The van der Waals surface area contributed by atoms with Gasteiger partial charge in [-0.05, 0) is 30.2 Å². The molecule has 3 aromatic rings. The second-order valence-electron chi connectivity index (χ2n) is 5.18. The van der Waals surface area contributed by atoms with Gasteiger partial charge in [0.1, 0.15) is 18.0 Å². The number of hydrogen-bond acceptors (Lipinski definition) is 3. The third-order valence-corrected chi connectivity index (χ3v) is 3.48. The van der Waals surface area contributed by atoms with Crippen LogP contribution in [0.5, 0.6) is 0 Å². The summed E-state index contributed by atoms with van der Waals surface area (Å²) in [5, 5.41) is 8.90. The number of halogens is 1. The second kappa shape index (κ2) is 6.39. The van der Waals surface area contributed by atoms with Crippen LogP contribution < -0.4 is 5.32 Å². The Morgan fingerprint density at radius 1 is 1.17 bits per heavy atom. The van der Waals surface area contributed by atoms with Crippen LogP contribution in [-0.4, -0.2) is 21.1 Å². The fourth-order valence-corrected chi connectivity index (χ4v) is 2.20. The van der Waals surface area contributed by atoms with Crippen LogP contribution in [-0.2, 0) is 6.54 Å². The smallest absolute Gasteiger partial charge is 0.254 e. The molecule has 3 rings (SSSR count). The van der Waals surface area contributed by atoms with Crippen molar-refractivity contribution in [2.75, 3.05) is 0 Å². The van der Waals surface area contributed by atoms with Gasteiger partial charge in [0, 0.05) is 0 Å². The lowest BCUT2D eigenvalue weighted by atomic mass is 10.0. The molecule has 0 saturated heterocycles. The molecule has 1 aromatic heterocycles. The van der Waals surface area contributed by atoms with Crippen molar-refractivity contribution in [1.82, 2.24) is 20.5 Å². The number of benzene rings is 2. The predicted molar refractivity (Wildman–Crippen MR) is 84.1 cm³/mol. The van der Waals surface area contributed by atoms with Crippen molar-refractivity contribution in [3.05, 3.63) is 71.6 Å². The van der Waals surface area contributed by atoms with Gasteiger partial charge in [-0.2, -0.15) is 5.10 Å². The Bertz CT molecular complexity index is 813. The van der Waals surface area contributed by atoms with E-state index in [1.807, 2.05) is 31.2 Å². The summed E-state index contributed by atoms with van der Waals surface area (Å²) in [6.07, 6.45) is 1.35. The lowest BCUT2D eigenvalue weighted by Gasteiger charge is -2.07. The molecule has 0 atom stereocenters. The van der Waals surface area contributed by atoms with Crippen molar-refractivity contribution in [2.24, 2.45) is 0 Å². The summed E-state index contributed by atoms with van der Waals surface area (Å²) in [5.74, 6) is -0.539. The summed E-state index contributed by atoms with van der Waals surface area (Å²) < 4.78 is 14.2. The van der Waals surface area contributed by atoms with Crippen LogP contribution in [0.3, 0.4) is 0 Å². The van der Waals surface area contributed by atoms with Crippen molar-refractivity contribution >= 4 is 5.91 Å². The van der Waals surface area contributed by atoms with E-state index in [9.17, 15) is 9.18 Å². The zero-order valence-corrected chi connectivity index (χ0v) is 12.5. The van der Waals surface area contributed by atoms with Gasteiger partial charge in [-0.15, -0.1) is 0 Å². The number of aryl methyl sites for hydroxylation is 1. The Hall–Kier alpha value is -3.02. The van der Waals surface area contributed by atoms with Crippen molar-refractivity contribution in [3.8, 4) is 11.1 Å². The van der Waals surface area contributed by atoms with Crippen LogP contribution in [0.15, 0.2) is 48.8 Å². The van der Waals surface area contributed by atoms with Crippen LogP contribution >= 0.6 is 0 Å². The van der Waals surface area contributed by atoms with E-state index in [4.69, 9.17) is 0 Å². The minimum Gasteiger partial charge on any atom is -0.345 e. The lowest BCUT2D eigenvalue weighted by Crippen LogP contribution is -2.24. The van der Waals surface area contributed by atoms with Gasteiger partial charge in [0.2, 0.25) is 0 Å². The number of hydrogen-bond donors (Lipinski definition) is 2. The van der Waals surface area contributed by atoms with Crippen LogP contribution in [0.2, 0.25) is 0 Å². The molecular formula is C17H15FN4O. The molecule has 1 heterocycles. The first-order valence-corrected chi connectivity index (χ1v) is 7.12. The van der Waals surface area contributed by atoms with Crippen molar-refractivity contribution in [3.63, 3.8) is 0 Å². The maximum atomic E-state index is 14.2. The molecule has 6 heteroatoms. The van der Waals surface area contributed by atoms with Crippen molar-refractivity contribution in [2.45, 2.75) is 13.5 Å². The Balaban J connectivity index is 1.76. The van der Waals surface area contributed by atoms with Crippen molar-refractivity contribution < 1.29 is 9.18 Å². The van der Waals surface area contributed by atoms with Gasteiger partial charge in [-0.25, -0.2) is 9.37 Å². The number of carbonyl (C=O) groups excluding carboxylic acids is 1. The van der Waals surface area contributed by atoms with Gasteiger partial charge in [0.25, 0.3) is 5.91 Å². The first-order chi connectivity index (χ1) is 11.1. The lowest BCUT2D eigenvalue weighted by molar-refractivity contribution is 0.0946. The molecule has 116 valence electrons. The molecule has 0 bridgehead atoms. The van der Waals surface area contributed by atoms with E-state index in [1.54, 1.807) is 6.07 Å². The summed E-state index contributed by atoms with van der Waals surface area (Å²) in [6.45, 7) is 2.16. The number of amides is 1. The molecule has 2 aromatic carbocycles. The van der Waals surface area contributed by atoms with E-state index in [1.165, 1.54) is 18.5 Å². The van der Waals surface area contributed by atoms with Gasteiger partial charge in [0.05, 0.1) is 12.1 Å². The van der Waals surface area contributed by atoms with E-state index in [-0.39, 0.29) is 12.1 Å². The Labute approximate surface area is 132 Å². The minimum atomic E-state index is -0.557. The topological polar surface area (TPSA) is 70.7 Å². The van der Waals surface area contributed by atoms with E-state index in [2.05, 4.69) is 20.5 Å². The van der Waals surface area contributed by atoms with E-state index in [0.717, 1.165) is 16.7 Å². The Morgan fingerprint density at radius 2 is 1.91 bits per heavy atom. The zero-order valence-electron chi connectivity index (χ0n) is 12.5. The standard InChI is InChI=1S/C17H15FN4O/c1-11-2-4-12(5-3-11)13-6-7-14(15(18)8-13)17(23)19-9-16-20-10-21-22-16/h2-8,10H,9H2,1H3,(H,19,23)(H,20,21,22). The average Bonchev–Trinajstić information content (AvgIpc) is 3.06. The van der Waals surface area contributed by atoms with Gasteiger partial charge in [0.15, 0.2) is 0 Å². The molecule has 5 nitrogen and oxygen atoms in total. The molecule has 0 spiro atoms. The molecule has 2 N–H and O–H groups in total. The third kappa shape index (κ3) is 3.42. The molecule has 0 fully saturated rings. The predicted octanol–water partition coefficient (Wildman–Crippen LogP) is 2.85. The fourth-order valence-electron chi connectivity index (χ4n) is 2.20. The maximum absolute atomic E-state index is 14.2. The summed E-state index contributed by atoms with van der Waals surface area (Å²) in [7, 11) is 0. The van der Waals surface area contributed by atoms with Gasteiger partial charge in [-0.3, -0.25) is 9.89 Å². The molecule has 0 aliphatic carbocycles. The molecule has 0 saturated carbocycles. The van der Waals surface area contributed by atoms with E-state index < -0.39 is 11.7 Å². The minimum absolute atomic E-state index is 0.000349. The maximum Gasteiger partial charge on any atom is 0.254 e. The highest BCUT2D eigenvalue weighted by Crippen LogP contribution is 2.22. The summed E-state index contributed by atoms with van der Waals surface area (Å²) in [6, 6.07) is 12.4. The van der Waals surface area contributed by atoms with Crippen molar-refractivity contribution in [1.29, 1.82) is 0 Å². The highest BCUT2D eigenvalue weighted by Gasteiger charge is 2.13. The highest BCUT2D eigenvalue weighted by molar-refractivity contribution is 5.94. The molecule has 1 amide bonds. The Morgan fingerprint density at radius 3 is 2.57 bits per heavy atom. The van der Waals surface area contributed by atoms with Crippen LogP contribution in [0, 0.1) is 12.7 Å². The summed E-state index contributed by atoms with van der Waals surface area (Å²) in [4.78, 5) is 15.9. The highest BCUT2D eigenvalue weighted by atomic mass is 19.1.